The maximum absolute atomic E-state index is 14.0. The Morgan fingerprint density at radius 1 is 1.07 bits per heavy atom. The Morgan fingerprint density at radius 3 is 2.53 bits per heavy atom. The number of rotatable bonds is 4. The molecule has 2 heterocycles. The van der Waals surface area contributed by atoms with E-state index in [2.05, 4.69) is 0 Å². The molecule has 4 rings (SSSR count). The van der Waals surface area contributed by atoms with Gasteiger partial charge in [0.25, 0.3) is 5.91 Å². The molecule has 2 aliphatic heterocycles. The number of likely N-dealkylation sites (tertiary alicyclic amines) is 2. The fourth-order valence-electron chi connectivity index (χ4n) is 4.45. The average molecular weight is 414 g/mol. The summed E-state index contributed by atoms with van der Waals surface area (Å²) in [5, 5.41) is 0. The molecule has 0 aliphatic carbocycles. The van der Waals surface area contributed by atoms with E-state index in [1.807, 2.05) is 0 Å². The van der Waals surface area contributed by atoms with Crippen LogP contribution in [0, 0.1) is 17.0 Å². The third-order valence-corrected chi connectivity index (χ3v) is 6.29. The highest BCUT2D eigenvalue weighted by molar-refractivity contribution is 5.95. The van der Waals surface area contributed by atoms with Crippen molar-refractivity contribution in [2.24, 2.45) is 5.41 Å². The molecule has 0 aromatic heterocycles. The van der Waals surface area contributed by atoms with E-state index in [0.29, 0.717) is 50.2 Å². The van der Waals surface area contributed by atoms with E-state index in [9.17, 15) is 18.4 Å². The lowest BCUT2D eigenvalue weighted by atomic mass is 9.77. The van der Waals surface area contributed by atoms with Gasteiger partial charge in [-0.3, -0.25) is 9.59 Å². The number of methoxy groups -OCH3 is 1. The Balaban J connectivity index is 1.41. The van der Waals surface area contributed by atoms with Crippen LogP contribution in [0.25, 0.3) is 0 Å². The second-order valence-electron chi connectivity index (χ2n) is 8.02. The fourth-order valence-corrected chi connectivity index (χ4v) is 4.45. The normalized spacial score (nSPS) is 18.2. The number of halogens is 2. The lowest BCUT2D eigenvalue weighted by Gasteiger charge is -2.38. The quantitative estimate of drug-likeness (QED) is 0.768. The summed E-state index contributed by atoms with van der Waals surface area (Å²) in [4.78, 5) is 29.3. The maximum atomic E-state index is 14.0. The van der Waals surface area contributed by atoms with Gasteiger partial charge in [0.15, 0.2) is 0 Å². The number of amides is 2. The fraction of sp³-hybridized carbons (Fsp3) is 0.391. The predicted molar refractivity (Wildman–Crippen MR) is 107 cm³/mol. The molecule has 0 unspecified atom stereocenters. The van der Waals surface area contributed by atoms with Crippen LogP contribution in [0.3, 0.4) is 0 Å². The van der Waals surface area contributed by atoms with Crippen molar-refractivity contribution in [3.05, 3.63) is 65.2 Å². The number of ether oxygens (including phenoxy) is 1. The zero-order chi connectivity index (χ0) is 21.3. The molecule has 0 bridgehead atoms. The van der Waals surface area contributed by atoms with Crippen LogP contribution in [0.15, 0.2) is 42.5 Å². The molecular weight excluding hydrogens is 390 g/mol. The van der Waals surface area contributed by atoms with Crippen molar-refractivity contribution in [2.45, 2.75) is 25.8 Å². The van der Waals surface area contributed by atoms with E-state index in [1.54, 1.807) is 41.2 Å². The molecule has 5 nitrogen and oxygen atoms in total. The molecule has 2 fully saturated rings. The highest BCUT2D eigenvalue weighted by atomic mass is 19.1. The smallest absolute Gasteiger partial charge is 0.253 e. The summed E-state index contributed by atoms with van der Waals surface area (Å²) in [5.74, 6) is -0.506. The van der Waals surface area contributed by atoms with E-state index in [-0.39, 0.29) is 23.9 Å². The zero-order valence-corrected chi connectivity index (χ0v) is 16.9. The number of piperidine rings is 1. The second kappa shape index (κ2) is 8.05. The van der Waals surface area contributed by atoms with Crippen LogP contribution in [0.1, 0.15) is 35.2 Å². The molecule has 0 atom stereocenters. The van der Waals surface area contributed by atoms with E-state index in [4.69, 9.17) is 4.74 Å². The first-order valence-corrected chi connectivity index (χ1v) is 10.1. The van der Waals surface area contributed by atoms with E-state index in [0.717, 1.165) is 18.2 Å². The van der Waals surface area contributed by atoms with Crippen molar-refractivity contribution in [2.75, 3.05) is 26.7 Å². The minimum atomic E-state index is -0.519. The monoisotopic (exact) mass is 414 g/mol. The van der Waals surface area contributed by atoms with Crippen LogP contribution in [-0.2, 0) is 11.3 Å². The Labute approximate surface area is 174 Å². The van der Waals surface area contributed by atoms with Crippen LogP contribution in [0.4, 0.5) is 8.78 Å². The topological polar surface area (TPSA) is 49.9 Å². The van der Waals surface area contributed by atoms with Gasteiger partial charge in [0.2, 0.25) is 5.91 Å². The van der Waals surface area contributed by atoms with Crippen molar-refractivity contribution in [1.82, 2.24) is 9.80 Å². The highest BCUT2D eigenvalue weighted by Gasteiger charge is 2.48. The van der Waals surface area contributed by atoms with Crippen LogP contribution in [-0.4, -0.2) is 48.4 Å². The molecule has 0 radical (unpaired) electrons. The Morgan fingerprint density at radius 2 is 1.80 bits per heavy atom. The number of benzene rings is 2. The van der Waals surface area contributed by atoms with E-state index >= 15 is 0 Å². The summed E-state index contributed by atoms with van der Waals surface area (Å²) in [5.41, 5.74) is 0.229. The van der Waals surface area contributed by atoms with Gasteiger partial charge >= 0.3 is 0 Å². The molecule has 1 spiro atoms. The molecule has 2 amide bonds. The molecule has 2 aliphatic rings. The number of hydrogen-bond acceptors (Lipinski definition) is 3. The van der Waals surface area contributed by atoms with E-state index in [1.165, 1.54) is 0 Å². The second-order valence-corrected chi connectivity index (χ2v) is 8.02. The van der Waals surface area contributed by atoms with Crippen molar-refractivity contribution in [1.29, 1.82) is 0 Å². The summed E-state index contributed by atoms with van der Waals surface area (Å²) in [6, 6.07) is 10.3. The van der Waals surface area contributed by atoms with Gasteiger partial charge in [-0.25, -0.2) is 8.78 Å². The number of carbonyl (C=O) groups excluding carboxylic acids is 2. The van der Waals surface area contributed by atoms with E-state index < -0.39 is 17.0 Å². The third-order valence-electron chi connectivity index (χ3n) is 6.29. The highest BCUT2D eigenvalue weighted by Crippen LogP contribution is 2.42. The minimum absolute atomic E-state index is 0.0281. The summed E-state index contributed by atoms with van der Waals surface area (Å²) in [6.45, 7) is 1.56. The predicted octanol–water partition coefficient (Wildman–Crippen LogP) is 3.63. The molecule has 0 N–H and O–H groups in total. The van der Waals surface area contributed by atoms with Crippen molar-refractivity contribution in [3.8, 4) is 5.75 Å². The molecule has 158 valence electrons. The van der Waals surface area contributed by atoms with Gasteiger partial charge in [-0.05, 0) is 55.7 Å². The van der Waals surface area contributed by atoms with Crippen molar-refractivity contribution >= 4 is 11.8 Å². The molecule has 30 heavy (non-hydrogen) atoms. The first-order chi connectivity index (χ1) is 14.4. The van der Waals surface area contributed by atoms with Crippen LogP contribution in [0.5, 0.6) is 5.75 Å². The van der Waals surface area contributed by atoms with Gasteiger partial charge < -0.3 is 14.5 Å². The molecule has 0 saturated carbocycles. The number of carbonyl (C=O) groups is 2. The molecule has 2 aromatic carbocycles. The lowest BCUT2D eigenvalue weighted by molar-refractivity contribution is -0.138. The standard InChI is InChI=1S/C23H24F2N2O3/c1-30-19-4-2-3-16(14-19)21(28)26-10-7-23(8-11-26)9-12-27(22(23)29)15-17-13-18(24)5-6-20(17)25/h2-6,13-14H,7-12,15H2,1H3. The molecule has 2 saturated heterocycles. The molecular formula is C23H24F2N2O3. The van der Waals surface area contributed by atoms with Gasteiger partial charge in [-0.2, -0.15) is 0 Å². The van der Waals surface area contributed by atoms with Gasteiger partial charge in [0.1, 0.15) is 17.4 Å². The summed E-state index contributed by atoms with van der Waals surface area (Å²) < 4.78 is 32.6. The Bertz CT molecular complexity index is 971. The third kappa shape index (κ3) is 3.76. The molecule has 7 heteroatoms. The molecule has 2 aromatic rings. The summed E-state index contributed by atoms with van der Waals surface area (Å²) in [7, 11) is 1.56. The summed E-state index contributed by atoms with van der Waals surface area (Å²) >= 11 is 0. The lowest BCUT2D eigenvalue weighted by Crippen LogP contribution is -2.46. The Hall–Kier alpha value is -2.96. The van der Waals surface area contributed by atoms with Crippen molar-refractivity contribution in [3.63, 3.8) is 0 Å². The first-order valence-electron chi connectivity index (χ1n) is 10.1. The summed E-state index contributed by atoms with van der Waals surface area (Å²) in [6.07, 6.45) is 1.82. The van der Waals surface area contributed by atoms with Gasteiger partial charge in [0.05, 0.1) is 12.5 Å². The maximum Gasteiger partial charge on any atom is 0.253 e. The van der Waals surface area contributed by atoms with Crippen molar-refractivity contribution < 1.29 is 23.1 Å². The number of nitrogens with zero attached hydrogens (tertiary/aromatic N) is 2. The Kier molecular flexibility index (Phi) is 5.45. The minimum Gasteiger partial charge on any atom is -0.497 e. The van der Waals surface area contributed by atoms with Gasteiger partial charge in [-0.1, -0.05) is 6.07 Å². The first kappa shape index (κ1) is 20.3. The van der Waals surface area contributed by atoms with Crippen LogP contribution >= 0.6 is 0 Å². The zero-order valence-electron chi connectivity index (χ0n) is 16.9. The average Bonchev–Trinajstić information content (AvgIpc) is 3.06. The van der Waals surface area contributed by atoms with Crippen LogP contribution in [0.2, 0.25) is 0 Å². The number of hydrogen-bond donors (Lipinski definition) is 0. The van der Waals surface area contributed by atoms with Gasteiger partial charge in [0, 0.05) is 37.3 Å². The SMILES string of the molecule is COc1cccc(C(=O)N2CCC3(CC2)CCN(Cc2cc(F)ccc2F)C3=O)c1. The van der Waals surface area contributed by atoms with Gasteiger partial charge in [-0.15, -0.1) is 0 Å². The largest absolute Gasteiger partial charge is 0.497 e. The van der Waals surface area contributed by atoms with Crippen LogP contribution < -0.4 is 4.74 Å².